The average molecular weight is 359 g/mol. The van der Waals surface area contributed by atoms with E-state index in [0.717, 1.165) is 11.1 Å². The van der Waals surface area contributed by atoms with Crippen LogP contribution in [0.2, 0.25) is 0 Å². The maximum Gasteiger partial charge on any atom is 0.228 e. The number of aryl methyl sites for hydroxylation is 1. The Morgan fingerprint density at radius 2 is 1.96 bits per heavy atom. The predicted molar refractivity (Wildman–Crippen MR) is 98.4 cm³/mol. The van der Waals surface area contributed by atoms with Gasteiger partial charge in [-0.05, 0) is 31.0 Å². The first kappa shape index (κ1) is 17.4. The number of rotatable bonds is 5. The smallest absolute Gasteiger partial charge is 0.228 e. The summed E-state index contributed by atoms with van der Waals surface area (Å²) in [4.78, 5) is 16.3. The van der Waals surface area contributed by atoms with Crippen LogP contribution in [-0.4, -0.2) is 36.9 Å². The Labute approximate surface area is 147 Å². The number of anilines is 2. The monoisotopic (exact) mass is 359 g/mol. The molecule has 2 aromatic rings. The summed E-state index contributed by atoms with van der Waals surface area (Å²) in [6.45, 7) is 2.01. The minimum absolute atomic E-state index is 0.0977. The van der Waals surface area contributed by atoms with E-state index in [1.165, 1.54) is 0 Å². The molecule has 25 heavy (non-hydrogen) atoms. The van der Waals surface area contributed by atoms with Crippen molar-refractivity contribution in [1.82, 2.24) is 4.98 Å². The number of sulfone groups is 1. The molecule has 1 unspecified atom stereocenters. The Morgan fingerprint density at radius 1 is 1.20 bits per heavy atom. The maximum atomic E-state index is 12.1. The van der Waals surface area contributed by atoms with E-state index in [2.05, 4.69) is 15.6 Å². The van der Waals surface area contributed by atoms with Gasteiger partial charge in [0.25, 0.3) is 0 Å². The number of nitrogens with zero attached hydrogens (tertiary/aromatic N) is 1. The van der Waals surface area contributed by atoms with Crippen LogP contribution in [0.25, 0.3) is 0 Å². The van der Waals surface area contributed by atoms with Gasteiger partial charge in [0.05, 0.1) is 29.8 Å². The Hall–Kier alpha value is -2.41. The van der Waals surface area contributed by atoms with E-state index >= 15 is 0 Å². The van der Waals surface area contributed by atoms with Gasteiger partial charge in [0, 0.05) is 6.04 Å². The molecule has 0 aliphatic carbocycles. The minimum atomic E-state index is -2.92. The van der Waals surface area contributed by atoms with E-state index in [0.29, 0.717) is 24.3 Å². The molecule has 7 heteroatoms. The number of benzene rings is 1. The fourth-order valence-corrected chi connectivity index (χ4v) is 4.44. The zero-order valence-electron chi connectivity index (χ0n) is 14.0. The minimum Gasteiger partial charge on any atom is -0.366 e. The van der Waals surface area contributed by atoms with Crippen molar-refractivity contribution in [1.29, 1.82) is 0 Å². The summed E-state index contributed by atoms with van der Waals surface area (Å²) in [5.41, 5.74) is 2.73. The number of hydrogen-bond donors (Lipinski definition) is 2. The molecule has 0 radical (unpaired) electrons. The Bertz CT molecular complexity index is 846. The van der Waals surface area contributed by atoms with Crippen molar-refractivity contribution in [2.45, 2.75) is 25.8 Å². The second-order valence-corrected chi connectivity index (χ2v) is 8.62. The van der Waals surface area contributed by atoms with Gasteiger partial charge in [-0.2, -0.15) is 0 Å². The first-order valence-corrected chi connectivity index (χ1v) is 10.0. The molecule has 1 fully saturated rings. The molecule has 1 amide bonds. The van der Waals surface area contributed by atoms with Gasteiger partial charge in [0.2, 0.25) is 5.91 Å². The predicted octanol–water partition coefficient (Wildman–Crippen LogP) is 2.17. The highest BCUT2D eigenvalue weighted by molar-refractivity contribution is 7.91. The molecule has 0 bridgehead atoms. The van der Waals surface area contributed by atoms with Gasteiger partial charge in [-0.25, -0.2) is 13.4 Å². The molecule has 6 nitrogen and oxygen atoms in total. The molecule has 1 aromatic carbocycles. The molecule has 2 N–H and O–H groups in total. The van der Waals surface area contributed by atoms with Gasteiger partial charge in [-0.15, -0.1) is 0 Å². The summed E-state index contributed by atoms with van der Waals surface area (Å²) in [6.07, 6.45) is 2.47. The van der Waals surface area contributed by atoms with Crippen LogP contribution in [0.1, 0.15) is 17.5 Å². The lowest BCUT2D eigenvalue weighted by atomic mass is 10.1. The van der Waals surface area contributed by atoms with Crippen molar-refractivity contribution in [2.75, 3.05) is 22.1 Å². The van der Waals surface area contributed by atoms with E-state index in [-0.39, 0.29) is 23.5 Å². The fraction of sp³-hybridized carbons (Fsp3) is 0.333. The zero-order valence-corrected chi connectivity index (χ0v) is 14.8. The van der Waals surface area contributed by atoms with Crippen LogP contribution in [0.15, 0.2) is 42.6 Å². The third kappa shape index (κ3) is 5.03. The van der Waals surface area contributed by atoms with Crippen molar-refractivity contribution in [3.8, 4) is 0 Å². The van der Waals surface area contributed by atoms with Crippen LogP contribution in [0.3, 0.4) is 0 Å². The van der Waals surface area contributed by atoms with Crippen LogP contribution < -0.4 is 10.6 Å². The molecule has 0 saturated carbocycles. The first-order valence-electron chi connectivity index (χ1n) is 8.18. The van der Waals surface area contributed by atoms with Crippen molar-refractivity contribution < 1.29 is 13.2 Å². The topological polar surface area (TPSA) is 88.2 Å². The molecule has 1 saturated heterocycles. The summed E-state index contributed by atoms with van der Waals surface area (Å²) in [5.74, 6) is 0.869. The van der Waals surface area contributed by atoms with Gasteiger partial charge < -0.3 is 10.6 Å². The molecule has 132 valence electrons. The molecule has 0 spiro atoms. The molecular weight excluding hydrogens is 338 g/mol. The van der Waals surface area contributed by atoms with Crippen LogP contribution >= 0.6 is 0 Å². The SMILES string of the molecule is Cc1ccc(CC(=O)Nc2ccc(NC3CCS(=O)(=O)C3)nc2)cc1. The molecule has 2 heterocycles. The zero-order chi connectivity index (χ0) is 17.9. The van der Waals surface area contributed by atoms with Gasteiger partial charge in [-0.3, -0.25) is 4.79 Å². The average Bonchev–Trinajstić information content (AvgIpc) is 2.90. The lowest BCUT2D eigenvalue weighted by Gasteiger charge is -2.12. The summed E-state index contributed by atoms with van der Waals surface area (Å²) in [7, 11) is -2.92. The highest BCUT2D eigenvalue weighted by Gasteiger charge is 2.27. The number of aromatic nitrogens is 1. The standard InChI is InChI=1S/C18H21N3O3S/c1-13-2-4-14(5-3-13)10-18(22)21-15-6-7-17(19-11-15)20-16-8-9-25(23,24)12-16/h2-7,11,16H,8-10,12H2,1H3,(H,19,20)(H,21,22). The van der Waals surface area contributed by atoms with Gasteiger partial charge >= 0.3 is 0 Å². The number of carbonyl (C=O) groups is 1. The van der Waals surface area contributed by atoms with E-state index in [9.17, 15) is 13.2 Å². The fourth-order valence-electron chi connectivity index (χ4n) is 2.77. The molecule has 1 atom stereocenters. The molecule has 1 aliphatic rings. The van der Waals surface area contributed by atoms with Crippen LogP contribution in [-0.2, 0) is 21.1 Å². The number of carbonyl (C=O) groups excluding carboxylic acids is 1. The summed E-state index contributed by atoms with van der Waals surface area (Å²) in [5, 5.41) is 5.93. The largest absolute Gasteiger partial charge is 0.366 e. The number of amides is 1. The van der Waals surface area contributed by atoms with Gasteiger partial charge in [0.15, 0.2) is 9.84 Å². The Balaban J connectivity index is 1.53. The Kier molecular flexibility index (Phi) is 5.03. The van der Waals surface area contributed by atoms with E-state index in [1.807, 2.05) is 31.2 Å². The van der Waals surface area contributed by atoms with Gasteiger partial charge in [0.1, 0.15) is 5.82 Å². The summed E-state index contributed by atoms with van der Waals surface area (Å²) >= 11 is 0. The highest BCUT2D eigenvalue weighted by atomic mass is 32.2. The van der Waals surface area contributed by atoms with E-state index in [1.54, 1.807) is 18.3 Å². The van der Waals surface area contributed by atoms with Gasteiger partial charge in [-0.1, -0.05) is 29.8 Å². The Morgan fingerprint density at radius 3 is 2.56 bits per heavy atom. The second-order valence-electron chi connectivity index (χ2n) is 6.39. The number of pyridine rings is 1. The van der Waals surface area contributed by atoms with Crippen LogP contribution in [0, 0.1) is 6.92 Å². The lowest BCUT2D eigenvalue weighted by molar-refractivity contribution is -0.115. The second kappa shape index (κ2) is 7.23. The van der Waals surface area contributed by atoms with Crippen molar-refractivity contribution >= 4 is 27.2 Å². The van der Waals surface area contributed by atoms with Crippen molar-refractivity contribution in [3.05, 3.63) is 53.7 Å². The number of nitrogens with one attached hydrogen (secondary N) is 2. The molecule has 1 aromatic heterocycles. The normalized spacial score (nSPS) is 18.7. The van der Waals surface area contributed by atoms with Crippen molar-refractivity contribution in [3.63, 3.8) is 0 Å². The van der Waals surface area contributed by atoms with E-state index < -0.39 is 9.84 Å². The quantitative estimate of drug-likeness (QED) is 0.854. The maximum absolute atomic E-state index is 12.1. The lowest BCUT2D eigenvalue weighted by Crippen LogP contribution is -2.21. The van der Waals surface area contributed by atoms with Crippen LogP contribution in [0.5, 0.6) is 0 Å². The third-order valence-corrected chi connectivity index (χ3v) is 5.88. The van der Waals surface area contributed by atoms with E-state index in [4.69, 9.17) is 0 Å². The summed E-state index contributed by atoms with van der Waals surface area (Å²) in [6, 6.07) is 11.2. The number of hydrogen-bond acceptors (Lipinski definition) is 5. The summed E-state index contributed by atoms with van der Waals surface area (Å²) < 4.78 is 22.9. The molecule has 1 aliphatic heterocycles. The molecule has 3 rings (SSSR count). The third-order valence-electron chi connectivity index (χ3n) is 4.12. The first-order chi connectivity index (χ1) is 11.9. The molecular formula is C18H21N3O3S. The van der Waals surface area contributed by atoms with Crippen LogP contribution in [0.4, 0.5) is 11.5 Å². The van der Waals surface area contributed by atoms with Crippen molar-refractivity contribution in [2.24, 2.45) is 0 Å². The highest BCUT2D eigenvalue weighted by Crippen LogP contribution is 2.17.